The maximum absolute atomic E-state index is 14.9. The molecule has 3 unspecified atom stereocenters. The molecule has 2 aliphatic heterocycles. The zero-order chi connectivity index (χ0) is 31.1. The number of hydrogen-bond donors (Lipinski definition) is 1. The second-order valence-corrected chi connectivity index (χ2v) is 11.5. The molecule has 3 atom stereocenters. The molecule has 3 aromatic rings. The SMILES string of the molecule is COc1ccc(C2C3=C(CC(C)C4(Oc5c(Cl)c(OC)cc(OC)c5C4=O)C3=O)Nc3c2c(=O)n(C)c(=O)n3C)cc1Cl. The molecule has 3 aliphatic rings. The summed E-state index contributed by atoms with van der Waals surface area (Å²) in [6.45, 7) is 1.72. The van der Waals surface area contributed by atoms with Gasteiger partial charge in [-0.1, -0.05) is 36.2 Å². The molecule has 0 fully saturated rings. The van der Waals surface area contributed by atoms with Crippen LogP contribution in [0.2, 0.25) is 10.0 Å². The highest BCUT2D eigenvalue weighted by Gasteiger charge is 2.63. The first-order valence-corrected chi connectivity index (χ1v) is 14.0. The number of benzene rings is 2. The number of anilines is 1. The molecule has 0 bridgehead atoms. The van der Waals surface area contributed by atoms with Crippen LogP contribution in [0.15, 0.2) is 45.1 Å². The Morgan fingerprint density at radius 3 is 2.23 bits per heavy atom. The Balaban J connectivity index is 1.62. The van der Waals surface area contributed by atoms with Crippen LogP contribution in [-0.2, 0) is 18.9 Å². The molecule has 1 N–H and O–H groups in total. The fourth-order valence-corrected chi connectivity index (χ4v) is 6.92. The molecule has 3 heterocycles. The van der Waals surface area contributed by atoms with Gasteiger partial charge in [0.1, 0.15) is 33.7 Å². The highest BCUT2D eigenvalue weighted by molar-refractivity contribution is 6.36. The predicted octanol–water partition coefficient (Wildman–Crippen LogP) is 3.85. The molecule has 1 aliphatic carbocycles. The van der Waals surface area contributed by atoms with Crippen LogP contribution in [0, 0.1) is 5.92 Å². The first kappa shape index (κ1) is 28.9. The van der Waals surface area contributed by atoms with Crippen molar-refractivity contribution in [2.24, 2.45) is 20.0 Å². The number of carbonyl (C=O) groups is 2. The second-order valence-electron chi connectivity index (χ2n) is 10.7. The molecule has 224 valence electrons. The number of ketones is 2. The van der Waals surface area contributed by atoms with E-state index in [2.05, 4.69) is 5.32 Å². The van der Waals surface area contributed by atoms with Crippen LogP contribution in [0.3, 0.4) is 0 Å². The Kier molecular flexibility index (Phi) is 6.66. The number of allylic oxidation sites excluding steroid dienone is 1. The Morgan fingerprint density at radius 2 is 1.60 bits per heavy atom. The molecule has 1 aromatic heterocycles. The second kappa shape index (κ2) is 9.92. The number of carbonyl (C=O) groups excluding carboxylic acids is 2. The van der Waals surface area contributed by atoms with Gasteiger partial charge in [-0.3, -0.25) is 23.5 Å². The van der Waals surface area contributed by atoms with Crippen LogP contribution >= 0.6 is 23.2 Å². The lowest BCUT2D eigenvalue weighted by atomic mass is 9.66. The van der Waals surface area contributed by atoms with Gasteiger partial charge in [-0.2, -0.15) is 0 Å². The summed E-state index contributed by atoms with van der Waals surface area (Å²) in [6, 6.07) is 6.38. The van der Waals surface area contributed by atoms with E-state index in [-0.39, 0.29) is 56.2 Å². The van der Waals surface area contributed by atoms with E-state index in [1.54, 1.807) is 25.1 Å². The fraction of sp³-hybridized carbons (Fsp3) is 0.333. The molecule has 43 heavy (non-hydrogen) atoms. The normalized spacial score (nSPS) is 22.0. The van der Waals surface area contributed by atoms with E-state index in [4.69, 9.17) is 42.1 Å². The molecule has 0 saturated heterocycles. The van der Waals surface area contributed by atoms with E-state index >= 15 is 0 Å². The largest absolute Gasteiger partial charge is 0.496 e. The number of hydrogen-bond acceptors (Lipinski definition) is 9. The van der Waals surface area contributed by atoms with Gasteiger partial charge in [0.15, 0.2) is 5.75 Å². The van der Waals surface area contributed by atoms with Crippen LogP contribution in [0.5, 0.6) is 23.0 Å². The van der Waals surface area contributed by atoms with Crippen molar-refractivity contribution in [2.75, 3.05) is 26.6 Å². The van der Waals surface area contributed by atoms with Gasteiger partial charge in [-0.25, -0.2) is 4.79 Å². The zero-order valence-corrected chi connectivity index (χ0v) is 25.6. The number of nitrogens with one attached hydrogen (secondary N) is 1. The monoisotopic (exact) mass is 627 g/mol. The quantitative estimate of drug-likeness (QED) is 0.429. The van der Waals surface area contributed by atoms with Gasteiger partial charge in [0, 0.05) is 43.3 Å². The summed E-state index contributed by atoms with van der Waals surface area (Å²) in [7, 11) is 7.17. The highest BCUT2D eigenvalue weighted by Crippen LogP contribution is 2.56. The van der Waals surface area contributed by atoms with E-state index in [0.29, 0.717) is 17.0 Å². The Bertz CT molecular complexity index is 1930. The van der Waals surface area contributed by atoms with Crippen molar-refractivity contribution in [3.05, 3.63) is 83.1 Å². The Hall–Kier alpha value is -4.22. The van der Waals surface area contributed by atoms with E-state index < -0.39 is 40.3 Å². The van der Waals surface area contributed by atoms with Crippen LogP contribution < -0.4 is 35.5 Å². The number of fused-ring (bicyclic) bond motifs is 2. The summed E-state index contributed by atoms with van der Waals surface area (Å²) >= 11 is 13.1. The minimum absolute atomic E-state index is 0.0152. The summed E-state index contributed by atoms with van der Waals surface area (Å²) in [5.41, 5.74) is -1.90. The van der Waals surface area contributed by atoms with Crippen LogP contribution in [0.4, 0.5) is 5.82 Å². The molecular formula is C30H27Cl2N3O8. The molecule has 0 saturated carbocycles. The van der Waals surface area contributed by atoms with Gasteiger partial charge in [-0.15, -0.1) is 0 Å². The van der Waals surface area contributed by atoms with Gasteiger partial charge in [0.25, 0.3) is 5.56 Å². The van der Waals surface area contributed by atoms with E-state index in [9.17, 15) is 19.2 Å². The molecule has 1 spiro atoms. The maximum Gasteiger partial charge on any atom is 0.332 e. The van der Waals surface area contributed by atoms with Crippen molar-refractivity contribution in [3.63, 3.8) is 0 Å². The number of halogens is 2. The summed E-state index contributed by atoms with van der Waals surface area (Å²) in [5.74, 6) is -1.98. The van der Waals surface area contributed by atoms with Gasteiger partial charge >= 0.3 is 5.69 Å². The zero-order valence-electron chi connectivity index (χ0n) is 24.1. The molecule has 11 nitrogen and oxygen atoms in total. The summed E-state index contributed by atoms with van der Waals surface area (Å²) in [6.07, 6.45) is 0.168. The van der Waals surface area contributed by atoms with Crippen molar-refractivity contribution in [1.29, 1.82) is 0 Å². The predicted molar refractivity (Wildman–Crippen MR) is 158 cm³/mol. The lowest BCUT2D eigenvalue weighted by Gasteiger charge is -2.42. The summed E-state index contributed by atoms with van der Waals surface area (Å²) < 4.78 is 24.8. The van der Waals surface area contributed by atoms with Crippen molar-refractivity contribution in [3.8, 4) is 23.0 Å². The smallest absolute Gasteiger partial charge is 0.332 e. The lowest BCUT2D eigenvalue weighted by Crippen LogP contribution is -2.58. The summed E-state index contributed by atoms with van der Waals surface area (Å²) in [4.78, 5) is 55.9. The average Bonchev–Trinajstić information content (AvgIpc) is 3.31. The Morgan fingerprint density at radius 1 is 0.930 bits per heavy atom. The van der Waals surface area contributed by atoms with E-state index in [1.165, 1.54) is 46.1 Å². The van der Waals surface area contributed by atoms with Crippen molar-refractivity contribution in [2.45, 2.75) is 24.9 Å². The van der Waals surface area contributed by atoms with Crippen molar-refractivity contribution in [1.82, 2.24) is 9.13 Å². The highest BCUT2D eigenvalue weighted by atomic mass is 35.5. The van der Waals surface area contributed by atoms with Crippen LogP contribution in [0.1, 0.15) is 40.7 Å². The number of ether oxygens (including phenoxy) is 4. The standard InChI is InChI=1S/C30H27Cl2N3O8/c1-12-9-15-20(25(36)30(12)26(37)21-17(41-5)11-18(42-6)23(32)24(21)43-30)19(13-7-8-16(40-4)14(31)10-13)22-27(33-15)34(2)29(39)35(3)28(22)38/h7-8,10-12,19,33H,9H2,1-6H3. The molecular weight excluding hydrogens is 601 g/mol. The van der Waals surface area contributed by atoms with E-state index in [0.717, 1.165) is 4.57 Å². The number of methoxy groups -OCH3 is 3. The minimum Gasteiger partial charge on any atom is -0.496 e. The van der Waals surface area contributed by atoms with Gasteiger partial charge in [-0.05, 0) is 24.1 Å². The maximum atomic E-state index is 14.9. The number of Topliss-reactive ketones (excluding diaryl/α,β-unsaturated/α-hetero) is 2. The van der Waals surface area contributed by atoms with Gasteiger partial charge < -0.3 is 24.3 Å². The molecule has 2 aromatic carbocycles. The van der Waals surface area contributed by atoms with Crippen LogP contribution in [0.25, 0.3) is 0 Å². The lowest BCUT2D eigenvalue weighted by molar-refractivity contribution is -0.130. The third kappa shape index (κ3) is 3.74. The van der Waals surface area contributed by atoms with Crippen LogP contribution in [-0.4, -0.2) is 47.6 Å². The number of rotatable bonds is 4. The molecule has 0 radical (unpaired) electrons. The third-order valence-corrected chi connectivity index (χ3v) is 9.24. The first-order chi connectivity index (χ1) is 20.4. The minimum atomic E-state index is -2.01. The Labute approximate surface area is 255 Å². The van der Waals surface area contributed by atoms with Gasteiger partial charge in [0.05, 0.1) is 31.9 Å². The van der Waals surface area contributed by atoms with Crippen molar-refractivity contribution < 1.29 is 28.5 Å². The van der Waals surface area contributed by atoms with E-state index in [1.807, 2.05) is 0 Å². The fourth-order valence-electron chi connectivity index (χ4n) is 6.38. The topological polar surface area (TPSA) is 127 Å². The molecule has 13 heteroatoms. The molecule has 6 rings (SSSR count). The van der Waals surface area contributed by atoms with Crippen molar-refractivity contribution >= 4 is 40.6 Å². The number of aromatic nitrogens is 2. The summed E-state index contributed by atoms with van der Waals surface area (Å²) in [5, 5.41) is 3.46. The average molecular weight is 628 g/mol. The third-order valence-electron chi connectivity index (χ3n) is 8.59. The molecule has 0 amide bonds. The number of nitrogens with zero attached hydrogens (tertiary/aromatic N) is 2. The first-order valence-electron chi connectivity index (χ1n) is 13.3. The van der Waals surface area contributed by atoms with Gasteiger partial charge in [0.2, 0.25) is 17.2 Å².